The summed E-state index contributed by atoms with van der Waals surface area (Å²) >= 11 is 0. The van der Waals surface area contributed by atoms with Crippen LogP contribution in [-0.2, 0) is 9.59 Å². The van der Waals surface area contributed by atoms with Crippen molar-refractivity contribution < 1.29 is 19.1 Å². The van der Waals surface area contributed by atoms with E-state index in [1.807, 2.05) is 6.92 Å². The lowest BCUT2D eigenvalue weighted by Gasteiger charge is -2.26. The Morgan fingerprint density at radius 3 is 2.67 bits per heavy atom. The van der Waals surface area contributed by atoms with E-state index in [0.717, 1.165) is 5.56 Å². The molecule has 5 heteroatoms. The van der Waals surface area contributed by atoms with Gasteiger partial charge in [0.25, 0.3) is 0 Å². The number of amides is 1. The Morgan fingerprint density at radius 2 is 2.05 bits per heavy atom. The van der Waals surface area contributed by atoms with Crippen molar-refractivity contribution in [2.45, 2.75) is 33.1 Å². The molecule has 0 aliphatic heterocycles. The number of ketones is 1. The van der Waals surface area contributed by atoms with Crippen molar-refractivity contribution in [2.75, 3.05) is 0 Å². The SMILES string of the molecule is Cc1ccc(C(N)=O)cc1OC(=O)[C@@H]1CCC(=O)C[C@@H]1C. The number of hydrogen-bond donors (Lipinski definition) is 1. The fourth-order valence-corrected chi connectivity index (χ4v) is 2.60. The third-order valence-electron chi connectivity index (χ3n) is 3.96. The quantitative estimate of drug-likeness (QED) is 0.681. The van der Waals surface area contributed by atoms with Gasteiger partial charge < -0.3 is 10.5 Å². The molecule has 1 aliphatic carbocycles. The Morgan fingerprint density at radius 1 is 1.33 bits per heavy atom. The summed E-state index contributed by atoms with van der Waals surface area (Å²) in [5.74, 6) is -0.666. The van der Waals surface area contributed by atoms with Gasteiger partial charge in [-0.15, -0.1) is 0 Å². The van der Waals surface area contributed by atoms with Crippen molar-refractivity contribution in [3.05, 3.63) is 29.3 Å². The first kappa shape index (κ1) is 15.2. The minimum atomic E-state index is -0.566. The number of ether oxygens (including phenoxy) is 1. The van der Waals surface area contributed by atoms with Gasteiger partial charge in [-0.1, -0.05) is 13.0 Å². The van der Waals surface area contributed by atoms with E-state index >= 15 is 0 Å². The number of primary amides is 1. The molecule has 0 radical (unpaired) electrons. The van der Waals surface area contributed by atoms with E-state index in [9.17, 15) is 14.4 Å². The van der Waals surface area contributed by atoms with Gasteiger partial charge in [-0.25, -0.2) is 0 Å². The highest BCUT2D eigenvalue weighted by Crippen LogP contribution is 2.30. The first-order valence-electron chi connectivity index (χ1n) is 7.02. The molecule has 112 valence electrons. The lowest BCUT2D eigenvalue weighted by atomic mass is 9.80. The molecule has 0 bridgehead atoms. The molecule has 21 heavy (non-hydrogen) atoms. The van der Waals surface area contributed by atoms with Gasteiger partial charge in [-0.2, -0.15) is 0 Å². The van der Waals surface area contributed by atoms with E-state index in [-0.39, 0.29) is 23.6 Å². The fourth-order valence-electron chi connectivity index (χ4n) is 2.60. The molecule has 1 fully saturated rings. The van der Waals surface area contributed by atoms with E-state index in [1.165, 1.54) is 6.07 Å². The molecule has 2 atom stereocenters. The van der Waals surface area contributed by atoms with Crippen LogP contribution in [0.3, 0.4) is 0 Å². The second kappa shape index (κ2) is 6.08. The predicted octanol–water partition coefficient (Wildman–Crippen LogP) is 2.00. The summed E-state index contributed by atoms with van der Waals surface area (Å²) in [6, 6.07) is 4.77. The third-order valence-corrected chi connectivity index (χ3v) is 3.96. The standard InChI is InChI=1S/C16H19NO4/c1-9-3-4-11(15(17)19)8-14(9)21-16(20)13-6-5-12(18)7-10(13)2/h3-4,8,10,13H,5-7H2,1-2H3,(H2,17,19)/t10-,13+/m0/s1. The molecule has 1 amide bonds. The summed E-state index contributed by atoms with van der Waals surface area (Å²) in [7, 11) is 0. The van der Waals surface area contributed by atoms with Crippen molar-refractivity contribution in [3.63, 3.8) is 0 Å². The maximum Gasteiger partial charge on any atom is 0.314 e. The molecule has 0 saturated heterocycles. The van der Waals surface area contributed by atoms with Crippen LogP contribution in [0.5, 0.6) is 5.75 Å². The van der Waals surface area contributed by atoms with Crippen LogP contribution >= 0.6 is 0 Å². The van der Waals surface area contributed by atoms with Crippen LogP contribution in [0.4, 0.5) is 0 Å². The van der Waals surface area contributed by atoms with Crippen LogP contribution in [0.25, 0.3) is 0 Å². The van der Waals surface area contributed by atoms with Gasteiger partial charge in [0, 0.05) is 18.4 Å². The molecule has 1 aliphatic rings. The van der Waals surface area contributed by atoms with E-state index in [1.54, 1.807) is 19.1 Å². The van der Waals surface area contributed by atoms with Crippen LogP contribution in [0.15, 0.2) is 18.2 Å². The highest BCUT2D eigenvalue weighted by Gasteiger charge is 2.33. The Bertz CT molecular complexity index is 594. The van der Waals surface area contributed by atoms with Crippen LogP contribution < -0.4 is 10.5 Å². The number of benzene rings is 1. The number of carbonyl (C=O) groups excluding carboxylic acids is 3. The first-order valence-corrected chi connectivity index (χ1v) is 7.02. The maximum atomic E-state index is 12.3. The Balaban J connectivity index is 2.14. The summed E-state index contributed by atoms with van der Waals surface area (Å²) in [5.41, 5.74) is 6.29. The van der Waals surface area contributed by atoms with Crippen molar-refractivity contribution >= 4 is 17.7 Å². The summed E-state index contributed by atoms with van der Waals surface area (Å²) in [4.78, 5) is 34.8. The predicted molar refractivity (Wildman–Crippen MR) is 76.8 cm³/mol. The van der Waals surface area contributed by atoms with Crippen molar-refractivity contribution in [2.24, 2.45) is 17.6 Å². The average molecular weight is 289 g/mol. The topological polar surface area (TPSA) is 86.5 Å². The highest BCUT2D eigenvalue weighted by molar-refractivity contribution is 5.93. The molecule has 0 unspecified atom stereocenters. The smallest absolute Gasteiger partial charge is 0.314 e. The summed E-state index contributed by atoms with van der Waals surface area (Å²) in [6.45, 7) is 3.68. The number of hydrogen-bond acceptors (Lipinski definition) is 4. The zero-order chi connectivity index (χ0) is 15.6. The van der Waals surface area contributed by atoms with E-state index < -0.39 is 5.91 Å². The van der Waals surface area contributed by atoms with Crippen LogP contribution in [0.2, 0.25) is 0 Å². The normalized spacial score (nSPS) is 21.9. The second-order valence-electron chi connectivity index (χ2n) is 5.63. The molecule has 2 rings (SSSR count). The van der Waals surface area contributed by atoms with Gasteiger partial charge in [-0.05, 0) is 37.0 Å². The zero-order valence-corrected chi connectivity index (χ0v) is 12.2. The summed E-state index contributed by atoms with van der Waals surface area (Å²) in [6.07, 6.45) is 1.36. The van der Waals surface area contributed by atoms with Gasteiger partial charge in [-0.3, -0.25) is 14.4 Å². The van der Waals surface area contributed by atoms with Gasteiger partial charge in [0.1, 0.15) is 11.5 Å². The molecule has 2 N–H and O–H groups in total. The Hall–Kier alpha value is -2.17. The van der Waals surface area contributed by atoms with Crippen molar-refractivity contribution in [1.82, 2.24) is 0 Å². The molecule has 1 aromatic rings. The number of Topliss-reactive ketones (excluding diaryl/α,β-unsaturated/α-hetero) is 1. The zero-order valence-electron chi connectivity index (χ0n) is 12.2. The number of aryl methyl sites for hydroxylation is 1. The minimum Gasteiger partial charge on any atom is -0.426 e. The van der Waals surface area contributed by atoms with Crippen LogP contribution in [-0.4, -0.2) is 17.7 Å². The first-order chi connectivity index (χ1) is 9.88. The van der Waals surface area contributed by atoms with E-state index in [2.05, 4.69) is 0 Å². The molecule has 1 aromatic carbocycles. The fraction of sp³-hybridized carbons (Fsp3) is 0.438. The average Bonchev–Trinajstić information content (AvgIpc) is 2.40. The van der Waals surface area contributed by atoms with E-state index in [4.69, 9.17) is 10.5 Å². The summed E-state index contributed by atoms with van der Waals surface area (Å²) < 4.78 is 5.42. The number of rotatable bonds is 3. The largest absolute Gasteiger partial charge is 0.426 e. The Kier molecular flexibility index (Phi) is 4.40. The van der Waals surface area contributed by atoms with Crippen molar-refractivity contribution in [1.29, 1.82) is 0 Å². The Labute approximate surface area is 123 Å². The molecular formula is C16H19NO4. The van der Waals surface area contributed by atoms with Gasteiger partial charge >= 0.3 is 5.97 Å². The third kappa shape index (κ3) is 3.48. The number of carbonyl (C=O) groups is 3. The molecular weight excluding hydrogens is 270 g/mol. The number of esters is 1. The minimum absolute atomic E-state index is 0.0154. The molecule has 1 saturated carbocycles. The lowest BCUT2D eigenvalue weighted by molar-refractivity contribution is -0.143. The second-order valence-corrected chi connectivity index (χ2v) is 5.63. The summed E-state index contributed by atoms with van der Waals surface area (Å²) in [5, 5.41) is 0. The van der Waals surface area contributed by atoms with Crippen LogP contribution in [0.1, 0.15) is 42.1 Å². The molecule has 0 aromatic heterocycles. The van der Waals surface area contributed by atoms with Gasteiger partial charge in [0.15, 0.2) is 0 Å². The molecule has 0 heterocycles. The number of nitrogens with two attached hydrogens (primary N) is 1. The molecule has 0 spiro atoms. The van der Waals surface area contributed by atoms with Crippen LogP contribution in [0, 0.1) is 18.8 Å². The van der Waals surface area contributed by atoms with E-state index in [0.29, 0.717) is 30.6 Å². The van der Waals surface area contributed by atoms with Gasteiger partial charge in [0.2, 0.25) is 5.91 Å². The van der Waals surface area contributed by atoms with Crippen molar-refractivity contribution in [3.8, 4) is 5.75 Å². The maximum absolute atomic E-state index is 12.3. The molecule has 5 nitrogen and oxygen atoms in total. The monoisotopic (exact) mass is 289 g/mol. The van der Waals surface area contributed by atoms with Gasteiger partial charge in [0.05, 0.1) is 5.92 Å². The lowest BCUT2D eigenvalue weighted by Crippen LogP contribution is -2.32. The highest BCUT2D eigenvalue weighted by atomic mass is 16.5.